The predicted octanol–water partition coefficient (Wildman–Crippen LogP) is 5.77. The lowest BCUT2D eigenvalue weighted by Crippen LogP contribution is -2.12. The molecule has 0 radical (unpaired) electrons. The third kappa shape index (κ3) is 4.27. The molecule has 0 aliphatic heterocycles. The zero-order valence-corrected chi connectivity index (χ0v) is 14.1. The number of nitrogens with one attached hydrogen (secondary N) is 1. The summed E-state index contributed by atoms with van der Waals surface area (Å²) in [5.74, 6) is -0.721. The number of hydrogen-bond acceptors (Lipinski definition) is 2. The molecule has 0 unspecified atom stereocenters. The Balaban J connectivity index is 1.70. The van der Waals surface area contributed by atoms with E-state index in [-0.39, 0.29) is 10.9 Å². The van der Waals surface area contributed by atoms with E-state index in [1.54, 1.807) is 6.07 Å². The topological polar surface area (TPSA) is 29.1 Å². The number of anilines is 1. The summed E-state index contributed by atoms with van der Waals surface area (Å²) in [6.07, 6.45) is 5.08. The van der Waals surface area contributed by atoms with Crippen LogP contribution < -0.4 is 5.32 Å². The molecule has 1 N–H and O–H groups in total. The fourth-order valence-electron chi connectivity index (χ4n) is 2.69. The van der Waals surface area contributed by atoms with Crippen LogP contribution >= 0.6 is 23.4 Å². The molecular formula is C18H17ClFNOS. The van der Waals surface area contributed by atoms with Crippen LogP contribution in [-0.4, -0.2) is 11.2 Å². The van der Waals surface area contributed by atoms with Crippen molar-refractivity contribution in [1.29, 1.82) is 0 Å². The van der Waals surface area contributed by atoms with Crippen LogP contribution in [0.3, 0.4) is 0 Å². The quantitative estimate of drug-likeness (QED) is 0.759. The molecule has 0 bridgehead atoms. The Morgan fingerprint density at radius 1 is 1.17 bits per heavy atom. The van der Waals surface area contributed by atoms with Crippen molar-refractivity contribution in [3.63, 3.8) is 0 Å². The summed E-state index contributed by atoms with van der Waals surface area (Å²) < 4.78 is 13.2. The van der Waals surface area contributed by atoms with E-state index < -0.39 is 5.82 Å². The number of hydrogen-bond donors (Lipinski definition) is 1. The van der Waals surface area contributed by atoms with Crippen LogP contribution in [0.25, 0.3) is 0 Å². The molecule has 5 heteroatoms. The van der Waals surface area contributed by atoms with Gasteiger partial charge in [0.15, 0.2) is 0 Å². The summed E-state index contributed by atoms with van der Waals surface area (Å²) in [5.41, 5.74) is 1.07. The van der Waals surface area contributed by atoms with E-state index in [9.17, 15) is 9.18 Å². The Labute approximate surface area is 144 Å². The maximum Gasteiger partial charge on any atom is 0.255 e. The zero-order valence-electron chi connectivity index (χ0n) is 12.5. The highest BCUT2D eigenvalue weighted by Crippen LogP contribution is 2.34. The summed E-state index contributed by atoms with van der Waals surface area (Å²) in [4.78, 5) is 13.5. The van der Waals surface area contributed by atoms with Crippen molar-refractivity contribution < 1.29 is 9.18 Å². The summed E-state index contributed by atoms with van der Waals surface area (Å²) in [6.45, 7) is 0. The van der Waals surface area contributed by atoms with Crippen molar-refractivity contribution in [2.45, 2.75) is 35.8 Å². The van der Waals surface area contributed by atoms with Gasteiger partial charge in [-0.1, -0.05) is 30.5 Å². The minimum absolute atomic E-state index is 0.00617. The minimum atomic E-state index is -0.500. The van der Waals surface area contributed by atoms with Crippen LogP contribution in [0, 0.1) is 5.82 Å². The maximum absolute atomic E-state index is 13.2. The molecule has 0 heterocycles. The van der Waals surface area contributed by atoms with E-state index in [4.69, 9.17) is 11.6 Å². The molecule has 1 aliphatic rings. The standard InChI is InChI=1S/C18H17ClFNOS/c19-16-11-13(8-9-17(16)20)21-18(22)12-4-3-7-15(10-12)23-14-5-1-2-6-14/h3-4,7-11,14H,1-2,5-6H2,(H,21,22). The monoisotopic (exact) mass is 349 g/mol. The molecule has 0 aromatic heterocycles. The first-order chi connectivity index (χ1) is 11.1. The molecule has 0 atom stereocenters. The molecule has 23 heavy (non-hydrogen) atoms. The number of carbonyl (C=O) groups excluding carboxylic acids is 1. The van der Waals surface area contributed by atoms with E-state index >= 15 is 0 Å². The normalized spacial score (nSPS) is 14.9. The van der Waals surface area contributed by atoms with Crippen LogP contribution in [-0.2, 0) is 0 Å². The van der Waals surface area contributed by atoms with Crippen molar-refractivity contribution in [3.05, 3.63) is 58.9 Å². The number of benzene rings is 2. The Bertz CT molecular complexity index is 716. The van der Waals surface area contributed by atoms with Gasteiger partial charge in [-0.05, 0) is 49.2 Å². The summed E-state index contributed by atoms with van der Waals surface area (Å²) in [7, 11) is 0. The number of halogens is 2. The van der Waals surface area contributed by atoms with Crippen LogP contribution in [0.15, 0.2) is 47.4 Å². The first-order valence-electron chi connectivity index (χ1n) is 7.65. The maximum atomic E-state index is 13.2. The molecule has 1 amide bonds. The average Bonchev–Trinajstić information content (AvgIpc) is 3.04. The minimum Gasteiger partial charge on any atom is -0.322 e. The largest absolute Gasteiger partial charge is 0.322 e. The molecule has 0 spiro atoms. The number of carbonyl (C=O) groups is 1. The number of rotatable bonds is 4. The van der Waals surface area contributed by atoms with Gasteiger partial charge in [0.1, 0.15) is 5.82 Å². The Hall–Kier alpha value is -1.52. The summed E-state index contributed by atoms with van der Waals surface area (Å²) in [5, 5.41) is 3.40. The number of thioether (sulfide) groups is 1. The number of amides is 1. The van der Waals surface area contributed by atoms with Crippen molar-refractivity contribution in [1.82, 2.24) is 0 Å². The van der Waals surface area contributed by atoms with Gasteiger partial charge in [-0.2, -0.15) is 0 Å². The lowest BCUT2D eigenvalue weighted by atomic mass is 10.2. The van der Waals surface area contributed by atoms with Gasteiger partial charge in [-0.25, -0.2) is 4.39 Å². The van der Waals surface area contributed by atoms with Gasteiger partial charge in [-0.3, -0.25) is 4.79 Å². The van der Waals surface area contributed by atoms with Crippen LogP contribution in [0.1, 0.15) is 36.0 Å². The van der Waals surface area contributed by atoms with E-state index in [2.05, 4.69) is 5.32 Å². The molecule has 120 valence electrons. The second-order valence-corrected chi connectivity index (χ2v) is 7.42. The third-order valence-corrected chi connectivity index (χ3v) is 5.50. The van der Waals surface area contributed by atoms with Gasteiger partial charge in [0.2, 0.25) is 0 Å². The Morgan fingerprint density at radius 2 is 1.96 bits per heavy atom. The van der Waals surface area contributed by atoms with Gasteiger partial charge < -0.3 is 5.32 Å². The van der Waals surface area contributed by atoms with Gasteiger partial charge in [-0.15, -0.1) is 11.8 Å². The SMILES string of the molecule is O=C(Nc1ccc(F)c(Cl)c1)c1cccc(SC2CCCC2)c1. The Morgan fingerprint density at radius 3 is 2.70 bits per heavy atom. The summed E-state index contributed by atoms with van der Waals surface area (Å²) in [6, 6.07) is 11.8. The van der Waals surface area contributed by atoms with Crippen LogP contribution in [0.2, 0.25) is 5.02 Å². The molecule has 0 saturated heterocycles. The van der Waals surface area contributed by atoms with Crippen LogP contribution in [0.4, 0.5) is 10.1 Å². The molecule has 1 fully saturated rings. The highest BCUT2D eigenvalue weighted by molar-refractivity contribution is 8.00. The molecule has 1 aliphatic carbocycles. The van der Waals surface area contributed by atoms with Crippen molar-refractivity contribution >= 4 is 35.0 Å². The fourth-order valence-corrected chi connectivity index (χ4v) is 4.17. The van der Waals surface area contributed by atoms with Crippen molar-refractivity contribution in [2.24, 2.45) is 0 Å². The Kier molecular flexibility index (Phi) is 5.23. The lowest BCUT2D eigenvalue weighted by Gasteiger charge is -2.10. The fraction of sp³-hybridized carbons (Fsp3) is 0.278. The molecule has 1 saturated carbocycles. The van der Waals surface area contributed by atoms with Crippen molar-refractivity contribution in [3.8, 4) is 0 Å². The molecule has 2 aromatic rings. The first kappa shape index (κ1) is 16.3. The van der Waals surface area contributed by atoms with Gasteiger partial charge in [0, 0.05) is 21.4 Å². The van der Waals surface area contributed by atoms with Gasteiger partial charge in [0.05, 0.1) is 5.02 Å². The average molecular weight is 350 g/mol. The van der Waals surface area contributed by atoms with Crippen LogP contribution in [0.5, 0.6) is 0 Å². The smallest absolute Gasteiger partial charge is 0.255 e. The molecule has 2 aromatic carbocycles. The molecule has 2 nitrogen and oxygen atoms in total. The lowest BCUT2D eigenvalue weighted by molar-refractivity contribution is 0.102. The van der Waals surface area contributed by atoms with Gasteiger partial charge in [0.25, 0.3) is 5.91 Å². The molecule has 3 rings (SSSR count). The van der Waals surface area contributed by atoms with E-state index in [0.29, 0.717) is 16.5 Å². The van der Waals surface area contributed by atoms with Crippen molar-refractivity contribution in [2.75, 3.05) is 5.32 Å². The third-order valence-electron chi connectivity index (χ3n) is 3.88. The highest BCUT2D eigenvalue weighted by Gasteiger charge is 2.17. The second-order valence-electron chi connectivity index (χ2n) is 5.64. The second kappa shape index (κ2) is 7.37. The van der Waals surface area contributed by atoms with E-state index in [0.717, 1.165) is 4.90 Å². The highest BCUT2D eigenvalue weighted by atomic mass is 35.5. The predicted molar refractivity (Wildman–Crippen MR) is 93.9 cm³/mol. The van der Waals surface area contributed by atoms with Gasteiger partial charge >= 0.3 is 0 Å². The van der Waals surface area contributed by atoms with E-state index in [1.165, 1.54) is 43.9 Å². The van der Waals surface area contributed by atoms with E-state index in [1.807, 2.05) is 30.0 Å². The summed E-state index contributed by atoms with van der Waals surface area (Å²) >= 11 is 7.58. The zero-order chi connectivity index (χ0) is 16.2. The first-order valence-corrected chi connectivity index (χ1v) is 8.91. The molecular weight excluding hydrogens is 333 g/mol.